The van der Waals surface area contributed by atoms with Crippen LogP contribution in [0.5, 0.6) is 0 Å². The molecule has 0 aliphatic carbocycles. The lowest BCUT2D eigenvalue weighted by molar-refractivity contribution is -0.385. The molecular formula is C24H35N3O6. The van der Waals surface area contributed by atoms with Gasteiger partial charge in [0.1, 0.15) is 16.8 Å². The first-order valence-corrected chi connectivity index (χ1v) is 11.7. The zero-order chi connectivity index (χ0) is 24.2. The molecule has 1 aromatic carbocycles. The Morgan fingerprint density at radius 1 is 0.879 bits per heavy atom. The minimum absolute atomic E-state index is 0.0397. The molecule has 0 aromatic heterocycles. The molecule has 0 spiro atoms. The van der Waals surface area contributed by atoms with Crippen LogP contribution in [-0.2, 0) is 9.47 Å². The van der Waals surface area contributed by atoms with Crippen LogP contribution in [0.15, 0.2) is 18.2 Å². The van der Waals surface area contributed by atoms with Crippen LogP contribution >= 0.6 is 0 Å². The van der Waals surface area contributed by atoms with Gasteiger partial charge in [-0.1, -0.05) is 0 Å². The van der Waals surface area contributed by atoms with Gasteiger partial charge in [-0.15, -0.1) is 0 Å². The van der Waals surface area contributed by atoms with Crippen LogP contribution < -0.4 is 10.6 Å². The van der Waals surface area contributed by atoms with Gasteiger partial charge in [-0.2, -0.15) is 0 Å². The van der Waals surface area contributed by atoms with Crippen molar-refractivity contribution >= 4 is 17.6 Å². The van der Waals surface area contributed by atoms with Crippen molar-refractivity contribution in [3.8, 4) is 0 Å². The zero-order valence-corrected chi connectivity index (χ0v) is 19.9. The molecular weight excluding hydrogens is 426 g/mol. The van der Waals surface area contributed by atoms with Crippen LogP contribution in [0, 0.1) is 22.0 Å². The molecule has 1 aromatic rings. The summed E-state index contributed by atoms with van der Waals surface area (Å²) in [6.07, 6.45) is 3.50. The Balaban J connectivity index is 1.76. The van der Waals surface area contributed by atoms with Crippen molar-refractivity contribution in [3.05, 3.63) is 39.4 Å². The minimum Gasteiger partial charge on any atom is -0.456 e. The number of benzene rings is 1. The molecule has 0 radical (unpaired) electrons. The van der Waals surface area contributed by atoms with Gasteiger partial charge in [0.05, 0.1) is 10.5 Å². The second kappa shape index (κ2) is 10.2. The fourth-order valence-electron chi connectivity index (χ4n) is 4.77. The third-order valence-electron chi connectivity index (χ3n) is 7.01. The van der Waals surface area contributed by atoms with Crippen molar-refractivity contribution in [1.29, 1.82) is 0 Å². The van der Waals surface area contributed by atoms with E-state index in [-0.39, 0.29) is 23.0 Å². The van der Waals surface area contributed by atoms with Gasteiger partial charge in [0.2, 0.25) is 0 Å². The van der Waals surface area contributed by atoms with Gasteiger partial charge in [0.15, 0.2) is 0 Å². The summed E-state index contributed by atoms with van der Waals surface area (Å²) in [5.74, 6) is -1.05. The Morgan fingerprint density at radius 2 is 1.33 bits per heavy atom. The summed E-state index contributed by atoms with van der Waals surface area (Å²) in [7, 11) is 0. The second-order valence-electron chi connectivity index (χ2n) is 10.0. The summed E-state index contributed by atoms with van der Waals surface area (Å²) in [6.45, 7) is 10.8. The number of nitrogens with one attached hydrogen (secondary N) is 2. The number of carbonyl (C=O) groups is 2. The van der Waals surface area contributed by atoms with Crippen molar-refractivity contribution in [2.45, 2.75) is 64.6 Å². The van der Waals surface area contributed by atoms with Crippen LogP contribution in [0.2, 0.25) is 0 Å². The van der Waals surface area contributed by atoms with Crippen molar-refractivity contribution in [2.75, 3.05) is 26.2 Å². The molecule has 2 aliphatic heterocycles. The van der Waals surface area contributed by atoms with Crippen molar-refractivity contribution in [1.82, 2.24) is 10.6 Å². The number of piperidine rings is 2. The fraction of sp³-hybridized carbons (Fsp3) is 0.667. The standard InChI is InChI=1S/C24H35N3O6/c1-23(2,17-7-11-25-12-8-17)32-21(28)16-5-6-19(20(15-16)27(30)31)22(29)33-24(3,4)18-9-13-26-14-10-18/h5-6,15,17-18,25-26H,7-14H2,1-4H3. The number of nitro benzene ring substituents is 1. The van der Waals surface area contributed by atoms with Crippen LogP contribution in [-0.4, -0.2) is 54.2 Å². The van der Waals surface area contributed by atoms with E-state index >= 15 is 0 Å². The maximum atomic E-state index is 12.9. The summed E-state index contributed by atoms with van der Waals surface area (Å²) in [6, 6.07) is 3.78. The molecule has 2 fully saturated rings. The van der Waals surface area contributed by atoms with Crippen LogP contribution in [0.4, 0.5) is 5.69 Å². The molecule has 2 saturated heterocycles. The molecule has 0 amide bonds. The first kappa shape index (κ1) is 25.1. The molecule has 0 unspecified atom stereocenters. The van der Waals surface area contributed by atoms with Gasteiger partial charge in [0.25, 0.3) is 5.69 Å². The molecule has 2 heterocycles. The lowest BCUT2D eigenvalue weighted by Crippen LogP contribution is -2.43. The monoisotopic (exact) mass is 461 g/mol. The van der Waals surface area contributed by atoms with Crippen molar-refractivity contribution in [2.24, 2.45) is 11.8 Å². The maximum Gasteiger partial charge on any atom is 0.345 e. The lowest BCUT2D eigenvalue weighted by Gasteiger charge is -2.36. The smallest absolute Gasteiger partial charge is 0.345 e. The largest absolute Gasteiger partial charge is 0.456 e. The van der Waals surface area contributed by atoms with Crippen LogP contribution in [0.3, 0.4) is 0 Å². The molecule has 33 heavy (non-hydrogen) atoms. The SMILES string of the molecule is CC(C)(OC(=O)c1ccc(C(=O)OC(C)(C)C2CCNCC2)c([N+](=O)[O-])c1)C1CCNCC1. The minimum atomic E-state index is -0.764. The summed E-state index contributed by atoms with van der Waals surface area (Å²) in [5, 5.41) is 18.3. The third kappa shape index (κ3) is 6.09. The number of nitro groups is 1. The van der Waals surface area contributed by atoms with Gasteiger partial charge < -0.3 is 20.1 Å². The van der Waals surface area contributed by atoms with E-state index in [0.29, 0.717) is 0 Å². The van der Waals surface area contributed by atoms with E-state index < -0.39 is 33.8 Å². The number of esters is 2. The van der Waals surface area contributed by atoms with E-state index in [1.807, 2.05) is 27.7 Å². The number of hydrogen-bond acceptors (Lipinski definition) is 8. The van der Waals surface area contributed by atoms with E-state index in [9.17, 15) is 19.7 Å². The van der Waals surface area contributed by atoms with E-state index in [1.165, 1.54) is 12.1 Å². The molecule has 0 saturated carbocycles. The van der Waals surface area contributed by atoms with Gasteiger partial charge in [-0.05, 0) is 91.7 Å². The molecule has 2 N–H and O–H groups in total. The Kier molecular flexibility index (Phi) is 7.74. The van der Waals surface area contributed by atoms with E-state index in [1.54, 1.807) is 0 Å². The number of ether oxygens (including phenoxy) is 2. The average molecular weight is 462 g/mol. The third-order valence-corrected chi connectivity index (χ3v) is 7.01. The molecule has 9 nitrogen and oxygen atoms in total. The summed E-state index contributed by atoms with van der Waals surface area (Å²) in [4.78, 5) is 36.8. The molecule has 9 heteroatoms. The van der Waals surface area contributed by atoms with Crippen molar-refractivity contribution < 1.29 is 24.0 Å². The maximum absolute atomic E-state index is 12.9. The highest BCUT2D eigenvalue weighted by Crippen LogP contribution is 2.33. The van der Waals surface area contributed by atoms with E-state index in [4.69, 9.17) is 9.47 Å². The van der Waals surface area contributed by atoms with Crippen LogP contribution in [0.25, 0.3) is 0 Å². The molecule has 182 valence electrons. The number of hydrogen-bond donors (Lipinski definition) is 2. The summed E-state index contributed by atoms with van der Waals surface area (Å²) >= 11 is 0. The highest BCUT2D eigenvalue weighted by Gasteiger charge is 2.37. The fourth-order valence-corrected chi connectivity index (χ4v) is 4.77. The van der Waals surface area contributed by atoms with E-state index in [2.05, 4.69) is 10.6 Å². The predicted octanol–water partition coefficient (Wildman–Crippen LogP) is 3.46. The van der Waals surface area contributed by atoms with Crippen LogP contribution in [0.1, 0.15) is 74.1 Å². The molecule has 0 bridgehead atoms. The Hall–Kier alpha value is -2.52. The van der Waals surface area contributed by atoms with E-state index in [0.717, 1.165) is 57.9 Å². The number of carbonyl (C=O) groups excluding carboxylic acids is 2. The number of rotatable bonds is 7. The highest BCUT2D eigenvalue weighted by molar-refractivity contribution is 5.97. The number of nitrogens with zero attached hydrogens (tertiary/aromatic N) is 1. The Morgan fingerprint density at radius 3 is 1.79 bits per heavy atom. The van der Waals surface area contributed by atoms with Crippen molar-refractivity contribution in [3.63, 3.8) is 0 Å². The Bertz CT molecular complexity index is 886. The van der Waals surface area contributed by atoms with Gasteiger partial charge >= 0.3 is 11.9 Å². The Labute approximate surface area is 194 Å². The van der Waals surface area contributed by atoms with Gasteiger partial charge in [-0.25, -0.2) is 9.59 Å². The topological polar surface area (TPSA) is 120 Å². The molecule has 2 aliphatic rings. The molecule has 3 rings (SSSR count). The van der Waals surface area contributed by atoms with Gasteiger partial charge in [0, 0.05) is 17.9 Å². The quantitative estimate of drug-likeness (QED) is 0.360. The lowest BCUT2D eigenvalue weighted by atomic mass is 9.83. The normalized spacial score (nSPS) is 18.5. The zero-order valence-electron chi connectivity index (χ0n) is 19.9. The first-order valence-electron chi connectivity index (χ1n) is 11.7. The van der Waals surface area contributed by atoms with Gasteiger partial charge in [-0.3, -0.25) is 10.1 Å². The molecule has 0 atom stereocenters. The summed E-state index contributed by atoms with van der Waals surface area (Å²) in [5.41, 5.74) is -2.06. The average Bonchev–Trinajstić information content (AvgIpc) is 2.79. The summed E-state index contributed by atoms with van der Waals surface area (Å²) < 4.78 is 11.5. The predicted molar refractivity (Wildman–Crippen MR) is 123 cm³/mol. The first-order chi connectivity index (χ1) is 15.5. The second-order valence-corrected chi connectivity index (χ2v) is 10.0. The highest BCUT2D eigenvalue weighted by atomic mass is 16.6.